The molecule has 0 aliphatic carbocycles. The third-order valence-electron chi connectivity index (χ3n) is 3.84. The van der Waals surface area contributed by atoms with Crippen LogP contribution in [0.5, 0.6) is 0 Å². The van der Waals surface area contributed by atoms with E-state index in [9.17, 15) is 34.2 Å². The van der Waals surface area contributed by atoms with Crippen LogP contribution in [-0.4, -0.2) is 247 Å². The van der Waals surface area contributed by atoms with E-state index in [0.717, 1.165) is 9.80 Å². The van der Waals surface area contributed by atoms with Gasteiger partial charge < -0.3 is 40.1 Å². The normalized spacial score (nSPS) is 15.1. The standard InChI is InChI=1S/C16H22N2O13.4Na.4H/c19-7-8(20)14-15(13(28)16(29)31-14)30-12(27)6-18(5-11(25)26)2-1-17(3-9(21)22)4-10(23)24;;;;;;;;/h8,14,19-20,28H,1-7H2,(H,21,22)(H,23,24)(H,25,26);;;;;;;;/t8-,14+;;;;;;;;/m0......../s1. The Labute approximate surface area is 287 Å². The summed E-state index contributed by atoms with van der Waals surface area (Å²) in [4.78, 5) is 58.3. The first kappa shape index (κ1) is 42.8. The number of hydrogen-bond acceptors (Lipinski definition) is 12. The zero-order valence-corrected chi connectivity index (χ0v) is 16.0. The third kappa shape index (κ3) is 16.3. The molecule has 1 aliphatic heterocycles. The van der Waals surface area contributed by atoms with Crippen LogP contribution in [0.15, 0.2) is 11.5 Å². The second-order valence-electron chi connectivity index (χ2n) is 6.37. The Balaban J connectivity index is -0.00000120. The van der Waals surface area contributed by atoms with Gasteiger partial charge in [0.2, 0.25) is 11.5 Å². The monoisotopic (exact) mass is 546 g/mol. The van der Waals surface area contributed by atoms with Crippen LogP contribution in [0.2, 0.25) is 0 Å². The van der Waals surface area contributed by atoms with Crippen molar-refractivity contribution in [3.63, 3.8) is 0 Å². The summed E-state index contributed by atoms with van der Waals surface area (Å²) in [6, 6.07) is 0. The van der Waals surface area contributed by atoms with Crippen LogP contribution in [0.4, 0.5) is 0 Å². The van der Waals surface area contributed by atoms with E-state index in [1.165, 1.54) is 0 Å². The number of aliphatic hydroxyl groups excluding tert-OH is 3. The number of nitrogens with zero attached hydrogens (tertiary/aromatic N) is 2. The molecule has 0 saturated heterocycles. The molecule has 1 rings (SSSR count). The van der Waals surface area contributed by atoms with Gasteiger partial charge in [0.1, 0.15) is 6.10 Å². The summed E-state index contributed by atoms with van der Waals surface area (Å²) < 4.78 is 9.40. The van der Waals surface area contributed by atoms with Crippen LogP contribution in [0.3, 0.4) is 0 Å². The molecule has 1 aliphatic rings. The predicted molar refractivity (Wildman–Crippen MR) is 123 cm³/mol. The van der Waals surface area contributed by atoms with Gasteiger partial charge in [0.15, 0.2) is 6.10 Å². The van der Waals surface area contributed by atoms with Crippen molar-refractivity contribution in [1.29, 1.82) is 0 Å². The molecule has 0 amide bonds. The molecule has 0 aromatic carbocycles. The summed E-state index contributed by atoms with van der Waals surface area (Å²) in [6.45, 7) is -4.05. The summed E-state index contributed by atoms with van der Waals surface area (Å²) in [5, 5.41) is 54.9. The first-order chi connectivity index (χ1) is 14.4. The maximum atomic E-state index is 12.2. The zero-order chi connectivity index (χ0) is 23.7. The van der Waals surface area contributed by atoms with E-state index >= 15 is 0 Å². The van der Waals surface area contributed by atoms with Crippen LogP contribution in [0.1, 0.15) is 0 Å². The van der Waals surface area contributed by atoms with E-state index in [4.69, 9.17) is 25.2 Å². The summed E-state index contributed by atoms with van der Waals surface area (Å²) in [6.07, 6.45) is -3.36. The Kier molecular flexibility index (Phi) is 26.5. The summed E-state index contributed by atoms with van der Waals surface area (Å²) >= 11 is 0. The molecule has 0 saturated carbocycles. The van der Waals surface area contributed by atoms with E-state index in [2.05, 4.69) is 4.74 Å². The average Bonchev–Trinajstić information content (AvgIpc) is 2.92. The number of ether oxygens (including phenoxy) is 2. The number of hydrogen-bond donors (Lipinski definition) is 6. The molecule has 0 unspecified atom stereocenters. The van der Waals surface area contributed by atoms with Crippen molar-refractivity contribution in [3.8, 4) is 0 Å². The van der Waals surface area contributed by atoms with Crippen molar-refractivity contribution >= 4 is 148 Å². The number of carboxylic acids is 3. The fraction of sp³-hybridized carbons (Fsp3) is 0.562. The molecular formula is C16H26N2Na4O13. The van der Waals surface area contributed by atoms with Gasteiger partial charge in [-0.25, -0.2) is 4.79 Å². The molecule has 6 N–H and O–H groups in total. The maximum absolute atomic E-state index is 12.2. The van der Waals surface area contributed by atoms with E-state index in [1.807, 2.05) is 0 Å². The first-order valence-electron chi connectivity index (χ1n) is 8.68. The Morgan fingerprint density at radius 1 is 0.857 bits per heavy atom. The van der Waals surface area contributed by atoms with E-state index in [0.29, 0.717) is 0 Å². The third-order valence-corrected chi connectivity index (χ3v) is 3.84. The molecule has 0 spiro atoms. The second kappa shape index (κ2) is 21.6. The Hall–Kier alpha value is 0.730. The summed E-state index contributed by atoms with van der Waals surface area (Å²) in [5.74, 6) is -8.32. The van der Waals surface area contributed by atoms with Crippen molar-refractivity contribution in [2.24, 2.45) is 0 Å². The van der Waals surface area contributed by atoms with Crippen LogP contribution in [-0.2, 0) is 33.4 Å². The predicted octanol–water partition coefficient (Wildman–Crippen LogP) is -6.16. The Morgan fingerprint density at radius 2 is 1.26 bits per heavy atom. The number of esters is 2. The molecule has 182 valence electrons. The molecule has 19 heteroatoms. The van der Waals surface area contributed by atoms with Crippen molar-refractivity contribution in [2.75, 3.05) is 45.9 Å². The molecule has 15 nitrogen and oxygen atoms in total. The number of carboxylic acid groups (broad SMARTS) is 3. The molecule has 0 fully saturated rings. The average molecular weight is 546 g/mol. The van der Waals surface area contributed by atoms with Gasteiger partial charge >= 0.3 is 148 Å². The summed E-state index contributed by atoms with van der Waals surface area (Å²) in [7, 11) is 0. The van der Waals surface area contributed by atoms with Crippen LogP contribution in [0, 0.1) is 0 Å². The van der Waals surface area contributed by atoms with Crippen LogP contribution >= 0.6 is 0 Å². The van der Waals surface area contributed by atoms with Gasteiger partial charge in [-0.2, -0.15) is 0 Å². The molecule has 0 radical (unpaired) electrons. The van der Waals surface area contributed by atoms with Gasteiger partial charge in [-0.15, -0.1) is 0 Å². The van der Waals surface area contributed by atoms with Crippen LogP contribution < -0.4 is 0 Å². The van der Waals surface area contributed by atoms with Gasteiger partial charge in [-0.3, -0.25) is 29.0 Å². The van der Waals surface area contributed by atoms with E-state index < -0.39 is 86.4 Å². The molecule has 35 heavy (non-hydrogen) atoms. The number of aliphatic hydroxyl groups is 3. The number of aliphatic carboxylic acids is 3. The fourth-order valence-corrected chi connectivity index (χ4v) is 2.54. The van der Waals surface area contributed by atoms with Gasteiger partial charge in [0, 0.05) is 13.1 Å². The van der Waals surface area contributed by atoms with Gasteiger partial charge in [0.25, 0.3) is 0 Å². The molecule has 0 bridgehead atoms. The van der Waals surface area contributed by atoms with Crippen molar-refractivity contribution < 1.29 is 64.1 Å². The SMILES string of the molecule is O=C(O)CN(CCN(CC(=O)O)CC(=O)OC1=C(O)C(=O)O[C@@H]1[C@@H](O)CO)CC(=O)O.[NaH].[NaH].[NaH].[NaH]. The number of rotatable bonds is 14. The van der Waals surface area contributed by atoms with Crippen molar-refractivity contribution in [3.05, 3.63) is 11.5 Å². The molecule has 0 aromatic heterocycles. The van der Waals surface area contributed by atoms with Gasteiger partial charge in [0.05, 0.1) is 32.8 Å². The van der Waals surface area contributed by atoms with E-state index in [-0.39, 0.29) is 131 Å². The van der Waals surface area contributed by atoms with Crippen molar-refractivity contribution in [1.82, 2.24) is 9.80 Å². The van der Waals surface area contributed by atoms with Crippen molar-refractivity contribution in [2.45, 2.75) is 12.2 Å². The van der Waals surface area contributed by atoms with E-state index in [1.54, 1.807) is 0 Å². The number of carbonyl (C=O) groups excluding carboxylic acids is 2. The molecule has 0 aromatic rings. The molecule has 1 heterocycles. The minimum absolute atomic E-state index is 0. The molecular weight excluding hydrogens is 520 g/mol. The summed E-state index contributed by atoms with van der Waals surface area (Å²) in [5.41, 5.74) is 0. The number of cyclic esters (lactones) is 1. The Bertz CT molecular complexity index is 752. The first-order valence-corrected chi connectivity index (χ1v) is 8.68. The Morgan fingerprint density at radius 3 is 1.63 bits per heavy atom. The number of carbonyl (C=O) groups is 5. The minimum atomic E-state index is -1.70. The topological polar surface area (TPSA) is 232 Å². The zero-order valence-electron chi connectivity index (χ0n) is 16.0. The molecule has 2 atom stereocenters. The van der Waals surface area contributed by atoms with Gasteiger partial charge in [-0.1, -0.05) is 0 Å². The van der Waals surface area contributed by atoms with Crippen LogP contribution in [0.25, 0.3) is 0 Å². The fourth-order valence-electron chi connectivity index (χ4n) is 2.54. The quantitative estimate of drug-likeness (QED) is 0.0879. The van der Waals surface area contributed by atoms with Gasteiger partial charge in [-0.05, 0) is 0 Å². The second-order valence-corrected chi connectivity index (χ2v) is 6.37.